The summed E-state index contributed by atoms with van der Waals surface area (Å²) in [5.74, 6) is 1.96. The number of thiophene rings is 1. The van der Waals surface area contributed by atoms with Crippen molar-refractivity contribution in [3.8, 4) is 56.4 Å². The summed E-state index contributed by atoms with van der Waals surface area (Å²) < 4.78 is 2.56. The van der Waals surface area contributed by atoms with Gasteiger partial charge in [0.25, 0.3) is 0 Å². The molecular formula is C56H35N3S. The maximum absolute atomic E-state index is 5.10. The molecule has 1 aliphatic rings. The van der Waals surface area contributed by atoms with Gasteiger partial charge in [-0.1, -0.05) is 182 Å². The average Bonchev–Trinajstić information content (AvgIpc) is 3.85. The minimum absolute atomic E-state index is 0.448. The fourth-order valence-electron chi connectivity index (χ4n) is 9.56. The normalized spacial score (nSPS) is 12.8. The lowest BCUT2D eigenvalue weighted by Crippen LogP contribution is -2.28. The molecule has 4 heteroatoms. The predicted octanol–water partition coefficient (Wildman–Crippen LogP) is 14.4. The van der Waals surface area contributed by atoms with E-state index in [9.17, 15) is 0 Å². The molecule has 280 valence electrons. The summed E-state index contributed by atoms with van der Waals surface area (Å²) in [6.07, 6.45) is 0. The van der Waals surface area contributed by atoms with E-state index in [-0.39, 0.29) is 0 Å². The van der Waals surface area contributed by atoms with Gasteiger partial charge in [0.2, 0.25) is 0 Å². The van der Waals surface area contributed by atoms with Crippen molar-refractivity contribution in [2.75, 3.05) is 0 Å². The zero-order valence-corrected chi connectivity index (χ0v) is 33.3. The molecular weight excluding hydrogens is 747 g/mol. The first kappa shape index (κ1) is 34.5. The van der Waals surface area contributed by atoms with Gasteiger partial charge in [-0.3, -0.25) is 0 Å². The molecule has 11 aromatic rings. The van der Waals surface area contributed by atoms with Gasteiger partial charge >= 0.3 is 0 Å². The quantitative estimate of drug-likeness (QED) is 0.169. The second-order valence-corrected chi connectivity index (χ2v) is 16.6. The fourth-order valence-corrected chi connectivity index (χ4v) is 10.6. The van der Waals surface area contributed by atoms with Gasteiger partial charge in [-0.05, 0) is 85.6 Å². The predicted molar refractivity (Wildman–Crippen MR) is 249 cm³/mol. The summed E-state index contributed by atoms with van der Waals surface area (Å²) in [5.41, 5.74) is 12.6. The molecule has 12 rings (SSSR count). The first-order valence-electron chi connectivity index (χ1n) is 20.4. The molecule has 0 radical (unpaired) electrons. The number of hydrogen-bond donors (Lipinski definition) is 0. The number of hydrogen-bond acceptors (Lipinski definition) is 4. The van der Waals surface area contributed by atoms with Gasteiger partial charge < -0.3 is 0 Å². The maximum Gasteiger partial charge on any atom is 0.164 e. The molecule has 0 unspecified atom stereocenters. The third-order valence-electron chi connectivity index (χ3n) is 12.2. The number of benzene rings is 9. The van der Waals surface area contributed by atoms with E-state index in [4.69, 9.17) is 15.0 Å². The number of aromatic nitrogens is 3. The molecule has 2 heterocycles. The molecule has 9 aromatic carbocycles. The molecule has 0 atom stereocenters. The van der Waals surface area contributed by atoms with E-state index in [1.807, 2.05) is 47.7 Å². The first-order chi connectivity index (χ1) is 29.7. The molecule has 2 aromatic heterocycles. The van der Waals surface area contributed by atoms with Crippen molar-refractivity contribution in [3.05, 3.63) is 235 Å². The van der Waals surface area contributed by atoms with Crippen LogP contribution in [0.3, 0.4) is 0 Å². The zero-order valence-electron chi connectivity index (χ0n) is 32.5. The standard InChI is InChI=1S/C56H35N3S/c1-4-16-36(17-5-1)53-57-54(37-18-6-2-7-19-37)59-55(58-53)46-31-30-41(42-22-10-11-23-43(42)46)38-28-32-51-47(34-38)48-35-40(29-33-52(48)60-51)56(39-20-8-3-9-21-39)49-26-14-12-24-44(49)45-25-13-15-27-50(45)56/h1-35H. The van der Waals surface area contributed by atoms with Crippen molar-refractivity contribution in [3.63, 3.8) is 0 Å². The van der Waals surface area contributed by atoms with Gasteiger partial charge in [0, 0.05) is 36.9 Å². The minimum atomic E-state index is -0.448. The molecule has 1 aliphatic carbocycles. The Hall–Kier alpha value is -7.53. The van der Waals surface area contributed by atoms with Gasteiger partial charge in [0.05, 0.1) is 5.41 Å². The Morgan fingerprint density at radius 1 is 0.300 bits per heavy atom. The molecule has 0 amide bonds. The van der Waals surface area contributed by atoms with E-state index in [1.54, 1.807) is 0 Å². The Morgan fingerprint density at radius 2 is 0.783 bits per heavy atom. The van der Waals surface area contributed by atoms with E-state index in [2.05, 4.69) is 176 Å². The highest BCUT2D eigenvalue weighted by Crippen LogP contribution is 2.56. The van der Waals surface area contributed by atoms with Crippen LogP contribution in [0.5, 0.6) is 0 Å². The lowest BCUT2D eigenvalue weighted by Gasteiger charge is -2.34. The van der Waals surface area contributed by atoms with Crippen molar-refractivity contribution < 1.29 is 0 Å². The van der Waals surface area contributed by atoms with Crippen LogP contribution in [-0.2, 0) is 5.41 Å². The molecule has 0 bridgehead atoms. The fraction of sp³-hybridized carbons (Fsp3) is 0.0179. The maximum atomic E-state index is 5.10. The average molecular weight is 782 g/mol. The summed E-state index contributed by atoms with van der Waals surface area (Å²) in [4.78, 5) is 15.1. The van der Waals surface area contributed by atoms with E-state index in [0.717, 1.165) is 27.5 Å². The van der Waals surface area contributed by atoms with Gasteiger partial charge in [0.15, 0.2) is 17.5 Å². The highest BCUT2D eigenvalue weighted by Gasteiger charge is 2.46. The number of rotatable bonds is 6. The SMILES string of the molecule is c1ccc(-c2nc(-c3ccccc3)nc(-c3ccc(-c4ccc5sc6ccc(C7(c8ccccc8)c8ccccc8-c8ccccc87)cc6c5c4)c4ccccc34)n2)cc1. The Bertz CT molecular complexity index is 3330. The van der Waals surface area contributed by atoms with Crippen molar-refractivity contribution in [1.82, 2.24) is 15.0 Å². The number of fused-ring (bicyclic) bond motifs is 7. The Kier molecular flexibility index (Phi) is 7.94. The van der Waals surface area contributed by atoms with E-state index >= 15 is 0 Å². The highest BCUT2D eigenvalue weighted by molar-refractivity contribution is 7.25. The topological polar surface area (TPSA) is 38.7 Å². The lowest BCUT2D eigenvalue weighted by molar-refractivity contribution is 0.770. The van der Waals surface area contributed by atoms with Crippen molar-refractivity contribution in [2.45, 2.75) is 5.41 Å². The van der Waals surface area contributed by atoms with E-state index in [1.165, 1.54) is 64.7 Å². The molecule has 0 N–H and O–H groups in total. The molecule has 0 aliphatic heterocycles. The third kappa shape index (κ3) is 5.31. The largest absolute Gasteiger partial charge is 0.208 e. The van der Waals surface area contributed by atoms with Crippen molar-refractivity contribution >= 4 is 42.3 Å². The van der Waals surface area contributed by atoms with E-state index < -0.39 is 5.41 Å². The van der Waals surface area contributed by atoms with Gasteiger partial charge in [0.1, 0.15) is 0 Å². The molecule has 0 spiro atoms. The van der Waals surface area contributed by atoms with Crippen LogP contribution < -0.4 is 0 Å². The lowest BCUT2D eigenvalue weighted by atomic mass is 9.67. The summed E-state index contributed by atoms with van der Waals surface area (Å²) in [5, 5.41) is 4.79. The molecule has 0 saturated heterocycles. The van der Waals surface area contributed by atoms with Crippen molar-refractivity contribution in [1.29, 1.82) is 0 Å². The van der Waals surface area contributed by atoms with Gasteiger partial charge in [-0.2, -0.15) is 0 Å². The van der Waals surface area contributed by atoms with Crippen LogP contribution in [0.15, 0.2) is 212 Å². The molecule has 0 saturated carbocycles. The van der Waals surface area contributed by atoms with Crippen LogP contribution in [-0.4, -0.2) is 15.0 Å². The van der Waals surface area contributed by atoms with Gasteiger partial charge in [-0.25, -0.2) is 15.0 Å². The summed E-state index contributed by atoms with van der Waals surface area (Å²) in [6, 6.07) is 76.5. The van der Waals surface area contributed by atoms with E-state index in [0.29, 0.717) is 17.5 Å². The third-order valence-corrected chi connectivity index (χ3v) is 13.4. The van der Waals surface area contributed by atoms with Crippen LogP contribution in [0, 0.1) is 0 Å². The first-order valence-corrected chi connectivity index (χ1v) is 21.2. The molecule has 0 fully saturated rings. The minimum Gasteiger partial charge on any atom is -0.208 e. The smallest absolute Gasteiger partial charge is 0.164 e. The van der Waals surface area contributed by atoms with Crippen LogP contribution in [0.25, 0.3) is 87.4 Å². The molecule has 3 nitrogen and oxygen atoms in total. The van der Waals surface area contributed by atoms with Crippen LogP contribution in [0.2, 0.25) is 0 Å². The highest BCUT2D eigenvalue weighted by atomic mass is 32.1. The molecule has 60 heavy (non-hydrogen) atoms. The van der Waals surface area contributed by atoms with Crippen LogP contribution in [0.1, 0.15) is 22.3 Å². The van der Waals surface area contributed by atoms with Crippen LogP contribution >= 0.6 is 11.3 Å². The zero-order chi connectivity index (χ0) is 39.6. The monoisotopic (exact) mass is 781 g/mol. The Morgan fingerprint density at radius 3 is 1.42 bits per heavy atom. The Labute approximate surface area is 352 Å². The summed E-state index contributed by atoms with van der Waals surface area (Å²) >= 11 is 1.86. The second kappa shape index (κ2) is 13.8. The summed E-state index contributed by atoms with van der Waals surface area (Å²) in [7, 11) is 0. The van der Waals surface area contributed by atoms with Crippen molar-refractivity contribution in [2.24, 2.45) is 0 Å². The van der Waals surface area contributed by atoms with Gasteiger partial charge in [-0.15, -0.1) is 11.3 Å². The van der Waals surface area contributed by atoms with Crippen LogP contribution in [0.4, 0.5) is 0 Å². The second-order valence-electron chi connectivity index (χ2n) is 15.5. The Balaban J connectivity index is 1.03. The number of nitrogens with zero attached hydrogens (tertiary/aromatic N) is 3. The summed E-state index contributed by atoms with van der Waals surface area (Å²) in [6.45, 7) is 0.